The molecule has 2 heterocycles. The predicted molar refractivity (Wildman–Crippen MR) is 90.8 cm³/mol. The van der Waals surface area contributed by atoms with Gasteiger partial charge >= 0.3 is 0 Å². The normalized spacial score (nSPS) is 26.2. The maximum atomic E-state index is 4.40. The minimum Gasteiger partial charge on any atom is -0.261 e. The summed E-state index contributed by atoms with van der Waals surface area (Å²) in [4.78, 5) is 8.70. The number of hydrogen-bond acceptors (Lipinski definition) is 2. The predicted octanol–water partition coefficient (Wildman–Crippen LogP) is 4.80. The molecule has 2 heteroatoms. The monoisotopic (exact) mass is 294 g/mol. The maximum absolute atomic E-state index is 4.40. The topological polar surface area (TPSA) is 25.8 Å². The van der Waals surface area contributed by atoms with Crippen LogP contribution in [-0.4, -0.2) is 9.97 Å². The zero-order valence-electron chi connectivity index (χ0n) is 13.7. The van der Waals surface area contributed by atoms with Gasteiger partial charge in [-0.25, -0.2) is 0 Å². The van der Waals surface area contributed by atoms with Crippen molar-refractivity contribution in [1.82, 2.24) is 9.97 Å². The Morgan fingerprint density at radius 2 is 1.73 bits per heavy atom. The Hall–Kier alpha value is -1.70. The van der Waals surface area contributed by atoms with E-state index in [0.717, 1.165) is 17.8 Å². The number of hydrogen-bond donors (Lipinski definition) is 0. The number of fused-ring (bicyclic) bond motifs is 1. The van der Waals surface area contributed by atoms with Crippen LogP contribution in [0.15, 0.2) is 42.7 Å². The fourth-order valence-electron chi connectivity index (χ4n) is 3.71. The number of aromatic nitrogens is 2. The van der Waals surface area contributed by atoms with Gasteiger partial charge in [0.25, 0.3) is 0 Å². The van der Waals surface area contributed by atoms with E-state index in [1.54, 1.807) is 0 Å². The van der Waals surface area contributed by atoms with Crippen LogP contribution in [0, 0.1) is 11.8 Å². The Bertz CT molecular complexity index is 569. The van der Waals surface area contributed by atoms with Gasteiger partial charge in [0.2, 0.25) is 0 Å². The summed E-state index contributed by atoms with van der Waals surface area (Å²) in [5, 5.41) is 0. The van der Waals surface area contributed by atoms with Crippen LogP contribution in [-0.2, 0) is 12.8 Å². The smallest absolute Gasteiger partial charge is 0.0438 e. The molecule has 3 atom stereocenters. The molecule has 2 aliphatic rings. The van der Waals surface area contributed by atoms with Crippen molar-refractivity contribution in [1.29, 1.82) is 0 Å². The third-order valence-corrected chi connectivity index (χ3v) is 4.90. The number of pyridine rings is 2. The summed E-state index contributed by atoms with van der Waals surface area (Å²) in [6, 6.07) is 10.4. The lowest BCUT2D eigenvalue weighted by atomic mass is 10.0. The molecule has 1 fully saturated rings. The first-order valence-corrected chi connectivity index (χ1v) is 8.56. The highest BCUT2D eigenvalue weighted by molar-refractivity contribution is 5.25. The van der Waals surface area contributed by atoms with Crippen LogP contribution in [0.1, 0.15) is 56.0 Å². The fraction of sp³-hybridized carbons (Fsp3) is 0.500. The lowest BCUT2D eigenvalue weighted by Crippen LogP contribution is -1.95. The average molecular weight is 294 g/mol. The molecule has 2 aromatic heterocycles. The first-order chi connectivity index (χ1) is 10.7. The highest BCUT2D eigenvalue weighted by Gasteiger charge is 2.23. The molecular formula is C20H26N2. The minimum absolute atomic E-state index is 0.737. The molecule has 2 aliphatic carbocycles. The molecule has 0 aromatic carbocycles. The van der Waals surface area contributed by atoms with Gasteiger partial charge < -0.3 is 0 Å². The Labute approximate surface area is 134 Å². The first-order valence-electron chi connectivity index (χ1n) is 8.56. The van der Waals surface area contributed by atoms with E-state index in [1.807, 2.05) is 24.5 Å². The second kappa shape index (κ2) is 7.04. The lowest BCUT2D eigenvalue weighted by Gasteiger charge is -2.07. The van der Waals surface area contributed by atoms with Crippen LogP contribution in [0.5, 0.6) is 0 Å². The van der Waals surface area contributed by atoms with Crippen molar-refractivity contribution in [2.75, 3.05) is 0 Å². The van der Waals surface area contributed by atoms with Gasteiger partial charge in [-0.2, -0.15) is 0 Å². The molecule has 0 aliphatic heterocycles. The van der Waals surface area contributed by atoms with E-state index >= 15 is 0 Å². The summed E-state index contributed by atoms with van der Waals surface area (Å²) in [5.74, 6) is 2.45. The van der Waals surface area contributed by atoms with Gasteiger partial charge in [0, 0.05) is 29.7 Å². The summed E-state index contributed by atoms with van der Waals surface area (Å²) < 4.78 is 0. The fourth-order valence-corrected chi connectivity index (χ4v) is 3.71. The van der Waals surface area contributed by atoms with Gasteiger partial charge in [0.15, 0.2) is 0 Å². The van der Waals surface area contributed by atoms with Crippen LogP contribution in [0.3, 0.4) is 0 Å². The summed E-state index contributed by atoms with van der Waals surface area (Å²) in [5.41, 5.74) is 4.06. The summed E-state index contributed by atoms with van der Waals surface area (Å²) in [6.45, 7) is 4.62. The summed E-state index contributed by atoms with van der Waals surface area (Å²) in [6.07, 6.45) is 10.2. The van der Waals surface area contributed by atoms with Gasteiger partial charge in [-0.15, -0.1) is 0 Å². The van der Waals surface area contributed by atoms with E-state index in [4.69, 9.17) is 0 Å². The molecule has 0 spiro atoms. The zero-order chi connectivity index (χ0) is 15.4. The van der Waals surface area contributed by atoms with Crippen molar-refractivity contribution < 1.29 is 0 Å². The van der Waals surface area contributed by atoms with E-state index in [2.05, 4.69) is 42.0 Å². The molecule has 0 radical (unpaired) electrons. The van der Waals surface area contributed by atoms with Crippen molar-refractivity contribution >= 4 is 0 Å². The number of nitrogens with zero attached hydrogens (tertiary/aromatic N) is 2. The molecule has 4 rings (SSSR count). The summed E-state index contributed by atoms with van der Waals surface area (Å²) in [7, 11) is 0. The Morgan fingerprint density at radius 1 is 0.864 bits per heavy atom. The highest BCUT2D eigenvalue weighted by Crippen LogP contribution is 2.36. The van der Waals surface area contributed by atoms with Gasteiger partial charge in [-0.05, 0) is 61.3 Å². The van der Waals surface area contributed by atoms with Crippen molar-refractivity contribution in [3.05, 3.63) is 59.7 Å². The zero-order valence-corrected chi connectivity index (χ0v) is 13.7. The van der Waals surface area contributed by atoms with Gasteiger partial charge in [-0.3, -0.25) is 9.97 Å². The Balaban J connectivity index is 0.000000133. The van der Waals surface area contributed by atoms with Crippen LogP contribution in [0.4, 0.5) is 0 Å². The lowest BCUT2D eigenvalue weighted by molar-refractivity contribution is 0.592. The largest absolute Gasteiger partial charge is 0.261 e. The molecule has 0 bridgehead atoms. The quantitative estimate of drug-likeness (QED) is 0.755. The van der Waals surface area contributed by atoms with E-state index < -0.39 is 0 Å². The standard InChI is InChI=1S/C11H15N.C9H11N/c1-9-5-6-10(8-9)11-4-2-3-7-12-11;1-7-5-8-3-2-4-10-9(8)6-7/h2-4,7,9-10H,5-6,8H2,1H3;2-4,7H,5-6H2,1H3. The maximum Gasteiger partial charge on any atom is 0.0438 e. The third kappa shape index (κ3) is 3.73. The molecule has 3 unspecified atom stereocenters. The first kappa shape index (κ1) is 15.2. The van der Waals surface area contributed by atoms with Gasteiger partial charge in [0.1, 0.15) is 0 Å². The molecular weight excluding hydrogens is 268 g/mol. The van der Waals surface area contributed by atoms with Crippen LogP contribution in [0.2, 0.25) is 0 Å². The second-order valence-electron chi connectivity index (χ2n) is 6.99. The van der Waals surface area contributed by atoms with Crippen LogP contribution < -0.4 is 0 Å². The Kier molecular flexibility index (Phi) is 4.87. The van der Waals surface area contributed by atoms with Crippen LogP contribution >= 0.6 is 0 Å². The van der Waals surface area contributed by atoms with Crippen molar-refractivity contribution in [3.63, 3.8) is 0 Å². The van der Waals surface area contributed by atoms with Crippen LogP contribution in [0.25, 0.3) is 0 Å². The number of rotatable bonds is 1. The van der Waals surface area contributed by atoms with Crippen molar-refractivity contribution in [2.24, 2.45) is 11.8 Å². The van der Waals surface area contributed by atoms with Crippen molar-refractivity contribution in [2.45, 2.75) is 51.9 Å². The molecule has 2 nitrogen and oxygen atoms in total. The molecule has 1 saturated carbocycles. The highest BCUT2D eigenvalue weighted by atomic mass is 14.7. The van der Waals surface area contributed by atoms with E-state index in [0.29, 0.717) is 0 Å². The van der Waals surface area contributed by atoms with Gasteiger partial charge in [-0.1, -0.05) is 32.4 Å². The van der Waals surface area contributed by atoms with Crippen molar-refractivity contribution in [3.8, 4) is 0 Å². The average Bonchev–Trinajstić information content (AvgIpc) is 3.13. The van der Waals surface area contributed by atoms with E-state index in [9.17, 15) is 0 Å². The molecule has 22 heavy (non-hydrogen) atoms. The van der Waals surface area contributed by atoms with Gasteiger partial charge in [0.05, 0.1) is 0 Å². The third-order valence-electron chi connectivity index (χ3n) is 4.90. The molecule has 0 saturated heterocycles. The molecule has 116 valence electrons. The minimum atomic E-state index is 0.737. The summed E-state index contributed by atoms with van der Waals surface area (Å²) >= 11 is 0. The van der Waals surface area contributed by atoms with E-state index in [-0.39, 0.29) is 0 Å². The second-order valence-corrected chi connectivity index (χ2v) is 6.99. The SMILES string of the molecule is CC1CCC(c2ccccn2)C1.CC1Cc2cccnc2C1. The molecule has 0 amide bonds. The molecule has 0 N–H and O–H groups in total. The molecule has 2 aromatic rings. The Morgan fingerprint density at radius 3 is 2.41 bits per heavy atom. The van der Waals surface area contributed by atoms with E-state index in [1.165, 1.54) is 49.1 Å².